The fourth-order valence-corrected chi connectivity index (χ4v) is 4.61. The van der Waals surface area contributed by atoms with Crippen molar-refractivity contribution < 1.29 is 38.1 Å². The number of hydrogen-bond acceptors (Lipinski definition) is 8. The van der Waals surface area contributed by atoms with Gasteiger partial charge in [-0.3, -0.25) is 19.2 Å². The second-order valence-corrected chi connectivity index (χ2v) is 9.61. The van der Waals surface area contributed by atoms with E-state index in [-0.39, 0.29) is 50.4 Å². The van der Waals surface area contributed by atoms with E-state index in [0.29, 0.717) is 22.3 Å². The zero-order chi connectivity index (χ0) is 30.2. The standard InChI is InChI=1S/C34H34O8/c1-5-27(35)39-19-23-17-21-13-9-11-15-25(21)31(33(23)41-29(37)7-3)32-26-16-12-10-14-22(26)18-24(20-40-28(36)6-2)34(32)42-30(38)8-4/h9-18H,5-8,19-20H2,1-4H3. The summed E-state index contributed by atoms with van der Waals surface area (Å²) < 4.78 is 23.0. The molecule has 218 valence electrons. The molecular weight excluding hydrogens is 536 g/mol. The van der Waals surface area contributed by atoms with Crippen molar-refractivity contribution in [3.63, 3.8) is 0 Å². The molecule has 0 saturated carbocycles. The number of hydrogen-bond donors (Lipinski definition) is 0. The van der Waals surface area contributed by atoms with Crippen molar-refractivity contribution in [3.05, 3.63) is 71.8 Å². The predicted molar refractivity (Wildman–Crippen MR) is 159 cm³/mol. The van der Waals surface area contributed by atoms with Crippen LogP contribution in [0.2, 0.25) is 0 Å². The van der Waals surface area contributed by atoms with E-state index in [9.17, 15) is 19.2 Å². The molecule has 0 bridgehead atoms. The molecule has 0 radical (unpaired) electrons. The highest BCUT2D eigenvalue weighted by Gasteiger charge is 2.27. The maximum atomic E-state index is 12.8. The number of carbonyl (C=O) groups is 4. The molecule has 4 aromatic carbocycles. The minimum absolute atomic E-state index is 0.103. The SMILES string of the molecule is CCC(=O)OCc1cc2ccccc2c(-c2c(OC(=O)CC)c(COC(=O)CC)cc3ccccc23)c1OC(=O)CC. The van der Waals surface area contributed by atoms with E-state index in [2.05, 4.69) is 0 Å². The third kappa shape index (κ3) is 6.60. The number of benzene rings is 4. The smallest absolute Gasteiger partial charge is 0.310 e. The Labute approximate surface area is 244 Å². The van der Waals surface area contributed by atoms with Crippen molar-refractivity contribution in [2.45, 2.75) is 66.6 Å². The Morgan fingerprint density at radius 2 is 0.881 bits per heavy atom. The lowest BCUT2D eigenvalue weighted by Crippen LogP contribution is -2.13. The molecule has 8 nitrogen and oxygen atoms in total. The summed E-state index contributed by atoms with van der Waals surface area (Å²) in [5.41, 5.74) is 1.95. The van der Waals surface area contributed by atoms with E-state index < -0.39 is 23.9 Å². The molecule has 0 atom stereocenters. The van der Waals surface area contributed by atoms with Crippen LogP contribution in [0.4, 0.5) is 0 Å². The zero-order valence-corrected chi connectivity index (χ0v) is 24.3. The predicted octanol–water partition coefficient (Wildman–Crippen LogP) is 7.20. The van der Waals surface area contributed by atoms with E-state index in [1.165, 1.54) is 0 Å². The molecule has 8 heteroatoms. The van der Waals surface area contributed by atoms with Crippen LogP contribution in [0.5, 0.6) is 11.5 Å². The molecule has 0 heterocycles. The van der Waals surface area contributed by atoms with Gasteiger partial charge in [0.1, 0.15) is 24.7 Å². The van der Waals surface area contributed by atoms with Gasteiger partial charge in [0.25, 0.3) is 0 Å². The van der Waals surface area contributed by atoms with Gasteiger partial charge in [-0.2, -0.15) is 0 Å². The van der Waals surface area contributed by atoms with Gasteiger partial charge in [-0.15, -0.1) is 0 Å². The second kappa shape index (κ2) is 13.8. The molecule has 0 aliphatic carbocycles. The number of rotatable bonds is 11. The first-order valence-electron chi connectivity index (χ1n) is 14.1. The normalized spacial score (nSPS) is 10.9. The van der Waals surface area contributed by atoms with Crippen molar-refractivity contribution in [2.75, 3.05) is 0 Å². The molecular formula is C34H34O8. The van der Waals surface area contributed by atoms with Crippen molar-refractivity contribution in [2.24, 2.45) is 0 Å². The summed E-state index contributed by atoms with van der Waals surface area (Å²) >= 11 is 0. The first kappa shape index (κ1) is 30.2. The van der Waals surface area contributed by atoms with Gasteiger partial charge in [0.05, 0.1) is 0 Å². The fourth-order valence-electron chi connectivity index (χ4n) is 4.61. The molecule has 0 aliphatic rings. The summed E-state index contributed by atoms with van der Waals surface area (Å²) in [5, 5.41) is 3.05. The van der Waals surface area contributed by atoms with Gasteiger partial charge in [-0.1, -0.05) is 76.2 Å². The molecule has 4 rings (SSSR count). The lowest BCUT2D eigenvalue weighted by Gasteiger charge is -2.23. The van der Waals surface area contributed by atoms with Gasteiger partial charge < -0.3 is 18.9 Å². The lowest BCUT2D eigenvalue weighted by atomic mass is 9.88. The highest BCUT2D eigenvalue weighted by Crippen LogP contribution is 2.49. The van der Waals surface area contributed by atoms with Crippen LogP contribution in [0.15, 0.2) is 60.7 Å². The Morgan fingerprint density at radius 1 is 0.524 bits per heavy atom. The summed E-state index contributed by atoms with van der Waals surface area (Å²) in [5.74, 6) is -1.38. The molecule has 0 aliphatic heterocycles. The Morgan fingerprint density at radius 3 is 1.24 bits per heavy atom. The first-order chi connectivity index (χ1) is 20.3. The van der Waals surface area contributed by atoms with E-state index in [1.807, 2.05) is 60.7 Å². The van der Waals surface area contributed by atoms with Crippen molar-refractivity contribution >= 4 is 45.4 Å². The van der Waals surface area contributed by atoms with Crippen LogP contribution >= 0.6 is 0 Å². The van der Waals surface area contributed by atoms with Gasteiger partial charge in [-0.05, 0) is 33.7 Å². The number of esters is 4. The van der Waals surface area contributed by atoms with Crippen LogP contribution in [0.25, 0.3) is 32.7 Å². The first-order valence-corrected chi connectivity index (χ1v) is 14.1. The Hall–Kier alpha value is -4.72. The Balaban J connectivity index is 2.16. The molecule has 42 heavy (non-hydrogen) atoms. The van der Waals surface area contributed by atoms with Gasteiger partial charge in [0.15, 0.2) is 0 Å². The highest BCUT2D eigenvalue weighted by atomic mass is 16.6. The van der Waals surface area contributed by atoms with E-state index >= 15 is 0 Å². The van der Waals surface area contributed by atoms with Crippen LogP contribution in [0.3, 0.4) is 0 Å². The second-order valence-electron chi connectivity index (χ2n) is 9.61. The van der Waals surface area contributed by atoms with Crippen molar-refractivity contribution in [3.8, 4) is 22.6 Å². The van der Waals surface area contributed by atoms with Gasteiger partial charge in [0.2, 0.25) is 0 Å². The van der Waals surface area contributed by atoms with Crippen LogP contribution in [-0.2, 0) is 41.9 Å². The minimum atomic E-state index is -0.487. The third-order valence-electron chi connectivity index (χ3n) is 6.77. The largest absolute Gasteiger partial charge is 0.461 e. The van der Waals surface area contributed by atoms with Crippen LogP contribution in [-0.4, -0.2) is 23.9 Å². The van der Waals surface area contributed by atoms with Crippen LogP contribution in [0, 0.1) is 0 Å². The summed E-state index contributed by atoms with van der Waals surface area (Å²) in [6, 6.07) is 18.7. The monoisotopic (exact) mass is 570 g/mol. The lowest BCUT2D eigenvalue weighted by molar-refractivity contribution is -0.145. The number of carbonyl (C=O) groups excluding carboxylic acids is 4. The van der Waals surface area contributed by atoms with E-state index in [0.717, 1.165) is 21.5 Å². The van der Waals surface area contributed by atoms with Gasteiger partial charge >= 0.3 is 23.9 Å². The molecule has 4 aromatic rings. The molecule has 0 amide bonds. The number of fused-ring (bicyclic) bond motifs is 2. The maximum absolute atomic E-state index is 12.8. The third-order valence-corrected chi connectivity index (χ3v) is 6.77. The molecule has 0 saturated heterocycles. The average Bonchev–Trinajstić information content (AvgIpc) is 3.02. The summed E-state index contributed by atoms with van der Waals surface area (Å²) in [4.78, 5) is 49.9. The van der Waals surface area contributed by atoms with E-state index in [4.69, 9.17) is 18.9 Å². The fraction of sp³-hybridized carbons (Fsp3) is 0.294. The molecule has 0 N–H and O–H groups in total. The average molecular weight is 571 g/mol. The quantitative estimate of drug-likeness (QED) is 0.138. The minimum Gasteiger partial charge on any atom is -0.461 e. The van der Waals surface area contributed by atoms with Crippen molar-refractivity contribution in [1.82, 2.24) is 0 Å². The Kier molecular flexibility index (Phi) is 9.91. The molecule has 0 aromatic heterocycles. The van der Waals surface area contributed by atoms with E-state index in [1.54, 1.807) is 27.7 Å². The van der Waals surface area contributed by atoms with Gasteiger partial charge in [-0.25, -0.2) is 0 Å². The summed E-state index contributed by atoms with van der Waals surface area (Å²) in [7, 11) is 0. The van der Waals surface area contributed by atoms with Crippen LogP contribution in [0.1, 0.15) is 64.5 Å². The topological polar surface area (TPSA) is 105 Å². The maximum Gasteiger partial charge on any atom is 0.310 e. The van der Waals surface area contributed by atoms with Gasteiger partial charge in [0, 0.05) is 47.9 Å². The summed E-state index contributed by atoms with van der Waals surface area (Å²) in [6.45, 7) is 6.51. The molecule has 0 spiro atoms. The highest BCUT2D eigenvalue weighted by molar-refractivity contribution is 6.11. The molecule has 0 unspecified atom stereocenters. The molecule has 0 fully saturated rings. The van der Waals surface area contributed by atoms with Crippen molar-refractivity contribution in [1.29, 1.82) is 0 Å². The number of ether oxygens (including phenoxy) is 4. The summed E-state index contributed by atoms with van der Waals surface area (Å²) in [6.07, 6.45) is 0.577. The zero-order valence-electron chi connectivity index (χ0n) is 24.3. The van der Waals surface area contributed by atoms with Crippen LogP contribution < -0.4 is 9.47 Å². The Bertz CT molecular complexity index is 1530.